The van der Waals surface area contributed by atoms with Gasteiger partial charge >= 0.3 is 0 Å². The fourth-order valence-electron chi connectivity index (χ4n) is 3.12. The van der Waals surface area contributed by atoms with Crippen molar-refractivity contribution in [1.29, 1.82) is 0 Å². The number of hydrogen-bond acceptors (Lipinski definition) is 4. The normalized spacial score (nSPS) is 14.8. The van der Waals surface area contributed by atoms with Gasteiger partial charge in [0.15, 0.2) is 0 Å². The zero-order chi connectivity index (χ0) is 17.6. The highest BCUT2D eigenvalue weighted by Gasteiger charge is 2.22. The second-order valence-electron chi connectivity index (χ2n) is 6.18. The molecule has 0 saturated heterocycles. The molecule has 25 heavy (non-hydrogen) atoms. The Bertz CT molecular complexity index is 1100. The minimum absolute atomic E-state index is 0.0969. The van der Waals surface area contributed by atoms with E-state index in [1.807, 2.05) is 37.3 Å². The molecule has 0 N–H and O–H groups in total. The molecule has 3 aromatic rings. The first-order valence-corrected chi connectivity index (χ1v) is 7.99. The van der Waals surface area contributed by atoms with E-state index in [9.17, 15) is 14.9 Å². The van der Waals surface area contributed by atoms with Gasteiger partial charge in [0, 0.05) is 18.7 Å². The Morgan fingerprint density at radius 3 is 2.68 bits per heavy atom. The summed E-state index contributed by atoms with van der Waals surface area (Å²) >= 11 is 0. The summed E-state index contributed by atoms with van der Waals surface area (Å²) in [6, 6.07) is 12.4. The third-order valence-corrected chi connectivity index (χ3v) is 4.46. The first-order chi connectivity index (χ1) is 12.0. The molecule has 0 bridgehead atoms. The largest absolute Gasteiger partial charge is 0.292 e. The predicted octanol–water partition coefficient (Wildman–Crippen LogP) is 3.56. The molecule has 1 aromatic heterocycles. The first kappa shape index (κ1) is 15.3. The van der Waals surface area contributed by atoms with Crippen LogP contribution in [0.4, 0.5) is 5.69 Å². The van der Waals surface area contributed by atoms with E-state index in [-0.39, 0.29) is 16.6 Å². The maximum atomic E-state index is 12.7. The summed E-state index contributed by atoms with van der Waals surface area (Å²) in [4.78, 5) is 27.7. The lowest BCUT2D eigenvalue weighted by Gasteiger charge is -2.05. The van der Waals surface area contributed by atoms with Gasteiger partial charge < -0.3 is 0 Å². The van der Waals surface area contributed by atoms with Crippen molar-refractivity contribution in [2.45, 2.75) is 19.9 Å². The van der Waals surface area contributed by atoms with Crippen LogP contribution in [0.15, 0.2) is 47.3 Å². The van der Waals surface area contributed by atoms with Gasteiger partial charge in [0.05, 0.1) is 15.8 Å². The molecule has 0 fully saturated rings. The number of aryl methyl sites for hydroxylation is 1. The molecule has 0 amide bonds. The van der Waals surface area contributed by atoms with Crippen molar-refractivity contribution in [3.05, 3.63) is 79.9 Å². The van der Waals surface area contributed by atoms with Gasteiger partial charge in [-0.1, -0.05) is 29.8 Å². The summed E-state index contributed by atoms with van der Waals surface area (Å²) in [6.07, 6.45) is 2.76. The molecule has 2 aromatic carbocycles. The molecule has 0 atom stereocenters. The molecular formula is C19H15N3O3. The van der Waals surface area contributed by atoms with Crippen LogP contribution < -0.4 is 5.56 Å². The summed E-state index contributed by atoms with van der Waals surface area (Å²) in [5.74, 6) is 0.645. The summed E-state index contributed by atoms with van der Waals surface area (Å²) < 4.78 is 1.60. The highest BCUT2D eigenvalue weighted by atomic mass is 16.6. The van der Waals surface area contributed by atoms with Crippen LogP contribution in [0, 0.1) is 17.0 Å². The second kappa shape index (κ2) is 5.66. The highest BCUT2D eigenvalue weighted by molar-refractivity contribution is 5.85. The Balaban J connectivity index is 1.87. The van der Waals surface area contributed by atoms with Gasteiger partial charge in [-0.15, -0.1) is 0 Å². The van der Waals surface area contributed by atoms with Crippen LogP contribution in [0.1, 0.15) is 23.4 Å². The van der Waals surface area contributed by atoms with Gasteiger partial charge in [0.1, 0.15) is 5.82 Å². The van der Waals surface area contributed by atoms with Crippen LogP contribution in [-0.2, 0) is 6.54 Å². The van der Waals surface area contributed by atoms with E-state index in [2.05, 4.69) is 4.98 Å². The summed E-state index contributed by atoms with van der Waals surface area (Å²) in [6.45, 7) is 2.58. The number of nitro groups is 1. The maximum absolute atomic E-state index is 12.7. The number of non-ortho nitro benzene ring substituents is 1. The fraction of sp³-hybridized carbons (Fsp3) is 0.158. The molecule has 0 unspecified atom stereocenters. The number of rotatable bonds is 2. The lowest BCUT2D eigenvalue weighted by molar-refractivity contribution is -0.384. The zero-order valence-electron chi connectivity index (χ0n) is 13.6. The van der Waals surface area contributed by atoms with Crippen LogP contribution in [0.25, 0.3) is 22.6 Å². The Morgan fingerprint density at radius 2 is 1.96 bits per heavy atom. The average Bonchev–Trinajstić information content (AvgIpc) is 3.00. The van der Waals surface area contributed by atoms with E-state index >= 15 is 0 Å². The van der Waals surface area contributed by atoms with Gasteiger partial charge in [-0.25, -0.2) is 4.98 Å². The monoisotopic (exact) mass is 333 g/mol. The van der Waals surface area contributed by atoms with E-state index in [1.54, 1.807) is 4.57 Å². The summed E-state index contributed by atoms with van der Waals surface area (Å²) in [5, 5.41) is 11.2. The predicted molar refractivity (Wildman–Crippen MR) is 96.3 cm³/mol. The lowest BCUT2D eigenvalue weighted by Crippen LogP contribution is -2.20. The molecule has 0 aliphatic carbocycles. The van der Waals surface area contributed by atoms with E-state index in [4.69, 9.17) is 0 Å². The molecule has 6 heteroatoms. The average molecular weight is 333 g/mol. The number of aromatic nitrogens is 2. The van der Waals surface area contributed by atoms with Gasteiger partial charge in [-0.2, -0.15) is 0 Å². The van der Waals surface area contributed by atoms with Crippen LogP contribution in [0.3, 0.4) is 0 Å². The minimum Gasteiger partial charge on any atom is -0.292 e. The molecule has 1 aliphatic rings. The quantitative estimate of drug-likeness (QED) is 0.531. The molecule has 2 heterocycles. The van der Waals surface area contributed by atoms with Crippen molar-refractivity contribution >= 4 is 28.2 Å². The van der Waals surface area contributed by atoms with Crippen molar-refractivity contribution in [3.8, 4) is 0 Å². The molecule has 0 radical (unpaired) electrons. The third kappa shape index (κ3) is 2.61. The van der Waals surface area contributed by atoms with E-state index in [0.717, 1.165) is 11.1 Å². The zero-order valence-corrected chi connectivity index (χ0v) is 13.6. The third-order valence-electron chi connectivity index (χ3n) is 4.46. The standard InChI is InChI=1S/C19H15N3O3/c1-12-2-4-13(5-3-12)10-14-8-9-21-18(14)20-17-7-6-15(22(24)25)11-16(17)19(21)23/h2-7,10-11H,8-9H2,1H3/b14-10+. The first-order valence-electron chi connectivity index (χ1n) is 7.99. The van der Waals surface area contributed by atoms with Crippen molar-refractivity contribution in [2.75, 3.05) is 0 Å². The SMILES string of the molecule is Cc1ccc(/C=C2\CCn3c2nc2ccc([N+](=O)[O-])cc2c3=O)cc1. The van der Waals surface area contributed by atoms with Crippen LogP contribution >= 0.6 is 0 Å². The smallest absolute Gasteiger partial charge is 0.270 e. The second-order valence-corrected chi connectivity index (χ2v) is 6.18. The van der Waals surface area contributed by atoms with Crippen LogP contribution in [0.2, 0.25) is 0 Å². The number of hydrogen-bond donors (Lipinski definition) is 0. The van der Waals surface area contributed by atoms with Crippen molar-refractivity contribution in [3.63, 3.8) is 0 Å². The van der Waals surface area contributed by atoms with Crippen molar-refractivity contribution in [1.82, 2.24) is 9.55 Å². The van der Waals surface area contributed by atoms with Gasteiger partial charge in [0.25, 0.3) is 11.2 Å². The van der Waals surface area contributed by atoms with Crippen molar-refractivity contribution in [2.24, 2.45) is 0 Å². The highest BCUT2D eigenvalue weighted by Crippen LogP contribution is 2.28. The number of nitro benzene ring substituents is 1. The number of nitrogens with zero attached hydrogens (tertiary/aromatic N) is 3. The lowest BCUT2D eigenvalue weighted by atomic mass is 10.1. The van der Waals surface area contributed by atoms with Gasteiger partial charge in [0.2, 0.25) is 0 Å². The van der Waals surface area contributed by atoms with E-state index < -0.39 is 4.92 Å². The number of fused-ring (bicyclic) bond motifs is 2. The molecule has 6 nitrogen and oxygen atoms in total. The summed E-state index contributed by atoms with van der Waals surface area (Å²) in [7, 11) is 0. The minimum atomic E-state index is -0.500. The Kier molecular flexibility index (Phi) is 3.46. The maximum Gasteiger partial charge on any atom is 0.270 e. The molecule has 0 saturated carbocycles. The molecular weight excluding hydrogens is 318 g/mol. The van der Waals surface area contributed by atoms with E-state index in [1.165, 1.54) is 23.8 Å². The van der Waals surface area contributed by atoms with Crippen LogP contribution in [-0.4, -0.2) is 14.5 Å². The van der Waals surface area contributed by atoms with E-state index in [0.29, 0.717) is 24.3 Å². The molecule has 4 rings (SSSR count). The Morgan fingerprint density at radius 1 is 1.20 bits per heavy atom. The number of allylic oxidation sites excluding steroid dienone is 1. The summed E-state index contributed by atoms with van der Waals surface area (Å²) in [5.41, 5.74) is 3.42. The van der Waals surface area contributed by atoms with Gasteiger partial charge in [-0.05, 0) is 36.6 Å². The number of benzene rings is 2. The topological polar surface area (TPSA) is 78.0 Å². The van der Waals surface area contributed by atoms with Gasteiger partial charge in [-0.3, -0.25) is 19.5 Å². The Hall–Kier alpha value is -3.28. The molecule has 0 spiro atoms. The Labute approximate surface area is 143 Å². The van der Waals surface area contributed by atoms with Crippen molar-refractivity contribution < 1.29 is 4.92 Å². The molecule has 124 valence electrons. The van der Waals surface area contributed by atoms with Crippen LogP contribution in [0.5, 0.6) is 0 Å². The fourth-order valence-corrected chi connectivity index (χ4v) is 3.12. The molecule has 1 aliphatic heterocycles.